The highest BCUT2D eigenvalue weighted by molar-refractivity contribution is 5.77. The molecule has 12 nitrogen and oxygen atoms in total. The van der Waals surface area contributed by atoms with E-state index in [1.807, 2.05) is 0 Å². The van der Waals surface area contributed by atoms with Crippen molar-refractivity contribution in [2.45, 2.75) is 69.5 Å². The number of aromatic nitrogens is 2. The maximum absolute atomic E-state index is 12.7. The number of rotatable bonds is 9. The number of nitrogens with one attached hydrogen (secondary N) is 1. The number of esters is 3. The Morgan fingerprint density at radius 1 is 1.12 bits per heavy atom. The Kier molecular flexibility index (Phi) is 5.80. The van der Waals surface area contributed by atoms with Crippen molar-refractivity contribution in [2.24, 2.45) is 17.8 Å². The van der Waals surface area contributed by atoms with Gasteiger partial charge in [0.25, 0.3) is 0 Å². The molecule has 4 atom stereocenters. The van der Waals surface area contributed by atoms with E-state index in [1.54, 1.807) is 12.4 Å². The van der Waals surface area contributed by atoms with Gasteiger partial charge in [-0.25, -0.2) is 4.79 Å². The van der Waals surface area contributed by atoms with Crippen LogP contribution in [-0.4, -0.2) is 57.1 Å². The lowest BCUT2D eigenvalue weighted by Gasteiger charge is -2.34. The summed E-state index contributed by atoms with van der Waals surface area (Å²) in [5, 5.41) is 9.04. The molecule has 5 rings (SSSR count). The van der Waals surface area contributed by atoms with Gasteiger partial charge in [-0.3, -0.25) is 29.6 Å². The number of hydrogen-bond acceptors (Lipinski definition) is 11. The number of nitrogens with zero attached hydrogens (tertiary/aromatic N) is 2. The van der Waals surface area contributed by atoms with E-state index in [0.717, 1.165) is 17.4 Å². The van der Waals surface area contributed by atoms with E-state index in [4.69, 9.17) is 24.2 Å². The number of carbonyl (C=O) groups is 3. The molecule has 3 saturated carbocycles. The normalized spacial score (nSPS) is 30.5. The lowest BCUT2D eigenvalue weighted by molar-refractivity contribution is -0.188. The zero-order valence-corrected chi connectivity index (χ0v) is 18.7. The predicted octanol–water partition coefficient (Wildman–Crippen LogP) is 0.929. The van der Waals surface area contributed by atoms with E-state index >= 15 is 0 Å². The topological polar surface area (TPSA) is 155 Å². The Hall–Kier alpha value is -2.99. The summed E-state index contributed by atoms with van der Waals surface area (Å²) in [5.74, 6) is -2.03. The largest absolute Gasteiger partial charge is 0.463 e. The maximum Gasteiger partial charge on any atom is 0.351 e. The molecule has 0 spiro atoms. The number of ether oxygens (including phenoxy) is 4. The first-order valence-corrected chi connectivity index (χ1v) is 11.5. The van der Waals surface area contributed by atoms with Gasteiger partial charge < -0.3 is 18.9 Å². The molecule has 1 saturated heterocycles. The third-order valence-corrected chi connectivity index (χ3v) is 6.66. The molecule has 0 bridgehead atoms. The molecule has 3 aliphatic carbocycles. The van der Waals surface area contributed by atoms with Crippen molar-refractivity contribution in [3.8, 4) is 0 Å². The van der Waals surface area contributed by atoms with Crippen LogP contribution in [0.1, 0.15) is 51.7 Å². The lowest BCUT2D eigenvalue weighted by atomic mass is 9.93. The summed E-state index contributed by atoms with van der Waals surface area (Å²) in [4.78, 5) is 53.9. The van der Waals surface area contributed by atoms with E-state index in [-0.39, 0.29) is 36.1 Å². The van der Waals surface area contributed by atoms with Crippen LogP contribution >= 0.6 is 0 Å². The molecule has 4 fully saturated rings. The van der Waals surface area contributed by atoms with E-state index in [1.165, 1.54) is 12.3 Å². The van der Waals surface area contributed by atoms with Gasteiger partial charge in [-0.15, -0.1) is 0 Å². The van der Waals surface area contributed by atoms with Gasteiger partial charge in [0.05, 0.1) is 17.8 Å². The first kappa shape index (κ1) is 22.8. The second-order valence-electron chi connectivity index (χ2n) is 9.55. The summed E-state index contributed by atoms with van der Waals surface area (Å²) >= 11 is 0. The van der Waals surface area contributed by atoms with Crippen molar-refractivity contribution in [3.63, 3.8) is 0 Å². The summed E-state index contributed by atoms with van der Waals surface area (Å²) in [6, 6.07) is 1.33. The van der Waals surface area contributed by atoms with Gasteiger partial charge in [0, 0.05) is 6.20 Å². The van der Waals surface area contributed by atoms with Crippen molar-refractivity contribution in [2.75, 3.05) is 12.1 Å². The lowest BCUT2D eigenvalue weighted by Crippen LogP contribution is -2.53. The highest BCUT2D eigenvalue weighted by Crippen LogP contribution is 2.45. The van der Waals surface area contributed by atoms with Crippen LogP contribution in [0.5, 0.6) is 0 Å². The third-order valence-electron chi connectivity index (χ3n) is 6.66. The molecule has 1 aromatic rings. The van der Waals surface area contributed by atoms with Gasteiger partial charge >= 0.3 is 23.6 Å². The predicted molar refractivity (Wildman–Crippen MR) is 111 cm³/mol. The van der Waals surface area contributed by atoms with Crippen LogP contribution in [-0.2, 0) is 33.3 Å². The fourth-order valence-corrected chi connectivity index (χ4v) is 3.98. The molecule has 1 aromatic heterocycles. The van der Waals surface area contributed by atoms with Gasteiger partial charge in [-0.05, 0) is 51.5 Å². The molecule has 0 aromatic carbocycles. The standard InChI is InChI=1S/C22H27N3O9/c1-22(34-20(28)13-6-7-13)14(10-31-18(26)11-2-3-11)32-17(16(22)33-19(27)12-4-5-12)25-9-8-15(24-30)23-21(25)29/h8-9,11-14,16-17,30H,2-7,10H2,1H3,(H,23,24,29)/t14-,16?,17-,22-/m1/s1. The number of hydrogen-bond donors (Lipinski definition) is 2. The molecule has 12 heteroatoms. The minimum atomic E-state index is -1.52. The molecular weight excluding hydrogens is 450 g/mol. The van der Waals surface area contributed by atoms with E-state index < -0.39 is 41.7 Å². The maximum atomic E-state index is 12.7. The zero-order valence-electron chi connectivity index (χ0n) is 18.7. The van der Waals surface area contributed by atoms with Gasteiger partial charge in [-0.2, -0.15) is 4.98 Å². The minimum absolute atomic E-state index is 0.0800. The fraction of sp³-hybridized carbons (Fsp3) is 0.682. The Labute approximate surface area is 194 Å². The first-order valence-electron chi connectivity index (χ1n) is 11.5. The van der Waals surface area contributed by atoms with E-state index in [0.29, 0.717) is 25.7 Å². The molecular formula is C22H27N3O9. The molecule has 0 radical (unpaired) electrons. The second-order valence-corrected chi connectivity index (χ2v) is 9.55. The molecule has 184 valence electrons. The molecule has 0 amide bonds. The van der Waals surface area contributed by atoms with Crippen LogP contribution in [0.3, 0.4) is 0 Å². The smallest absolute Gasteiger partial charge is 0.351 e. The molecule has 1 unspecified atom stereocenters. The number of anilines is 1. The summed E-state index contributed by atoms with van der Waals surface area (Å²) in [6.45, 7) is 1.33. The fourth-order valence-electron chi connectivity index (χ4n) is 3.98. The van der Waals surface area contributed by atoms with Crippen molar-refractivity contribution < 1.29 is 38.5 Å². The average Bonchev–Trinajstić information content (AvgIpc) is 3.65. The molecule has 4 aliphatic rings. The summed E-state index contributed by atoms with van der Waals surface area (Å²) in [5.41, 5.74) is -0.516. The van der Waals surface area contributed by atoms with Gasteiger partial charge in [0.2, 0.25) is 0 Å². The third kappa shape index (κ3) is 4.51. The van der Waals surface area contributed by atoms with Crippen molar-refractivity contribution in [1.82, 2.24) is 9.55 Å². The van der Waals surface area contributed by atoms with Crippen molar-refractivity contribution in [3.05, 3.63) is 22.7 Å². The van der Waals surface area contributed by atoms with Crippen LogP contribution in [0.25, 0.3) is 0 Å². The SMILES string of the molecule is C[C@]1(OC(=O)C2CC2)C(OC(=O)C2CC2)[C@H](n2ccc(NO)nc2=O)O[C@@H]1COC(=O)C1CC1. The second kappa shape index (κ2) is 8.66. The molecule has 1 aliphatic heterocycles. The van der Waals surface area contributed by atoms with E-state index in [2.05, 4.69) is 4.98 Å². The average molecular weight is 477 g/mol. The monoisotopic (exact) mass is 477 g/mol. The van der Waals surface area contributed by atoms with Crippen LogP contribution in [0.4, 0.5) is 5.82 Å². The summed E-state index contributed by atoms with van der Waals surface area (Å²) in [6.07, 6.45) is 2.23. The Bertz CT molecular complexity index is 1050. The highest BCUT2D eigenvalue weighted by atomic mass is 16.7. The van der Waals surface area contributed by atoms with Crippen LogP contribution in [0.2, 0.25) is 0 Å². The van der Waals surface area contributed by atoms with Gasteiger partial charge in [0.1, 0.15) is 12.7 Å². The first-order chi connectivity index (χ1) is 16.3. The van der Waals surface area contributed by atoms with Gasteiger partial charge in [-0.1, -0.05) is 0 Å². The van der Waals surface area contributed by atoms with Crippen molar-refractivity contribution in [1.29, 1.82) is 0 Å². The van der Waals surface area contributed by atoms with E-state index in [9.17, 15) is 19.2 Å². The Morgan fingerprint density at radius 3 is 2.32 bits per heavy atom. The van der Waals surface area contributed by atoms with Crippen LogP contribution < -0.4 is 11.2 Å². The molecule has 34 heavy (non-hydrogen) atoms. The summed E-state index contributed by atoms with van der Waals surface area (Å²) < 4.78 is 24.3. The Balaban J connectivity index is 1.47. The minimum Gasteiger partial charge on any atom is -0.463 e. The van der Waals surface area contributed by atoms with Crippen molar-refractivity contribution >= 4 is 23.7 Å². The quantitative estimate of drug-likeness (QED) is 0.296. The van der Waals surface area contributed by atoms with Crippen LogP contribution in [0.15, 0.2) is 17.1 Å². The van der Waals surface area contributed by atoms with Crippen LogP contribution in [0, 0.1) is 17.8 Å². The Morgan fingerprint density at radius 2 is 1.74 bits per heavy atom. The zero-order chi connectivity index (χ0) is 24.0. The number of carbonyl (C=O) groups excluding carboxylic acids is 3. The summed E-state index contributed by atoms with van der Waals surface area (Å²) in [7, 11) is 0. The molecule has 2 heterocycles. The molecule has 2 N–H and O–H groups in total. The highest BCUT2D eigenvalue weighted by Gasteiger charge is 2.61. The van der Waals surface area contributed by atoms with Gasteiger partial charge in [0.15, 0.2) is 23.8 Å².